The number of benzene rings is 2. The van der Waals surface area contributed by atoms with Crippen LogP contribution in [-0.4, -0.2) is 38.2 Å². The zero-order valence-electron chi connectivity index (χ0n) is 15.9. The smallest absolute Gasteiger partial charge is 0.264 e. The fourth-order valence-electron chi connectivity index (χ4n) is 2.61. The summed E-state index contributed by atoms with van der Waals surface area (Å²) in [5, 5.41) is 4.11. The standard InChI is InChI=1S/C21H20ClN3O3S2/c22-17-9-11-18(12-10-17)25(30(27,28)19-6-2-1-3-7-19)16-20(26)23-14-15-29-21-8-4-5-13-24-21/h1-13H,14-16H2,(H,23,26). The highest BCUT2D eigenvalue weighted by atomic mass is 35.5. The van der Waals surface area contributed by atoms with Crippen LogP contribution in [0.3, 0.4) is 0 Å². The van der Waals surface area contributed by atoms with Crippen LogP contribution in [0, 0.1) is 0 Å². The number of aromatic nitrogens is 1. The number of halogens is 1. The van der Waals surface area contributed by atoms with E-state index in [-0.39, 0.29) is 11.4 Å². The summed E-state index contributed by atoms with van der Waals surface area (Å²) in [5.74, 6) is 0.223. The van der Waals surface area contributed by atoms with Crippen molar-refractivity contribution < 1.29 is 13.2 Å². The number of amides is 1. The normalized spacial score (nSPS) is 11.1. The Balaban J connectivity index is 1.69. The van der Waals surface area contributed by atoms with E-state index in [4.69, 9.17) is 11.6 Å². The molecule has 0 bridgehead atoms. The predicted octanol–water partition coefficient (Wildman–Crippen LogP) is 3.84. The molecule has 30 heavy (non-hydrogen) atoms. The number of anilines is 1. The van der Waals surface area contributed by atoms with Crippen LogP contribution >= 0.6 is 23.4 Å². The molecule has 1 N–H and O–H groups in total. The largest absolute Gasteiger partial charge is 0.354 e. The molecule has 1 aromatic heterocycles. The second kappa shape index (κ2) is 10.5. The molecule has 3 rings (SSSR count). The Morgan fingerprint density at radius 2 is 1.70 bits per heavy atom. The number of hydrogen-bond acceptors (Lipinski definition) is 5. The van der Waals surface area contributed by atoms with Crippen molar-refractivity contribution in [3.8, 4) is 0 Å². The first-order valence-corrected chi connectivity index (χ1v) is 11.9. The van der Waals surface area contributed by atoms with E-state index in [9.17, 15) is 13.2 Å². The number of carbonyl (C=O) groups excluding carboxylic acids is 1. The van der Waals surface area contributed by atoms with Crippen molar-refractivity contribution in [1.82, 2.24) is 10.3 Å². The molecule has 1 heterocycles. The number of nitrogens with zero attached hydrogens (tertiary/aromatic N) is 2. The minimum atomic E-state index is -3.92. The van der Waals surface area contributed by atoms with E-state index in [0.717, 1.165) is 9.33 Å². The van der Waals surface area contributed by atoms with Gasteiger partial charge in [-0.3, -0.25) is 9.10 Å². The third kappa shape index (κ3) is 5.98. The molecular weight excluding hydrogens is 442 g/mol. The monoisotopic (exact) mass is 461 g/mol. The molecule has 2 aromatic carbocycles. The molecule has 0 atom stereocenters. The summed E-state index contributed by atoms with van der Waals surface area (Å²) >= 11 is 7.44. The molecule has 0 fully saturated rings. The van der Waals surface area contributed by atoms with Crippen LogP contribution in [0.5, 0.6) is 0 Å². The van der Waals surface area contributed by atoms with Crippen molar-refractivity contribution >= 4 is 45.0 Å². The van der Waals surface area contributed by atoms with Crippen LogP contribution in [0.25, 0.3) is 0 Å². The number of hydrogen-bond donors (Lipinski definition) is 1. The first-order chi connectivity index (χ1) is 14.5. The molecule has 0 saturated carbocycles. The number of rotatable bonds is 9. The Labute approximate surface area is 185 Å². The van der Waals surface area contributed by atoms with Crippen molar-refractivity contribution in [2.45, 2.75) is 9.92 Å². The lowest BCUT2D eigenvalue weighted by Gasteiger charge is -2.24. The fraction of sp³-hybridized carbons (Fsp3) is 0.143. The summed E-state index contributed by atoms with van der Waals surface area (Å²) in [5.41, 5.74) is 0.362. The molecule has 1 amide bonds. The summed E-state index contributed by atoms with van der Waals surface area (Å²) < 4.78 is 27.4. The van der Waals surface area contributed by atoms with E-state index in [0.29, 0.717) is 23.0 Å². The molecule has 6 nitrogen and oxygen atoms in total. The second-order valence-corrected chi connectivity index (χ2v) is 9.58. The summed E-state index contributed by atoms with van der Waals surface area (Å²) in [7, 11) is -3.92. The Kier molecular flexibility index (Phi) is 7.73. The maximum atomic E-state index is 13.2. The minimum Gasteiger partial charge on any atom is -0.354 e. The molecule has 0 aliphatic rings. The van der Waals surface area contributed by atoms with Gasteiger partial charge in [0.1, 0.15) is 6.54 Å². The summed E-state index contributed by atoms with van der Waals surface area (Å²) in [6.45, 7) is 0.0486. The third-order valence-corrected chi connectivity index (χ3v) is 7.03. The van der Waals surface area contributed by atoms with Crippen molar-refractivity contribution in [2.24, 2.45) is 0 Å². The molecule has 0 spiro atoms. The molecule has 0 unspecified atom stereocenters. The van der Waals surface area contributed by atoms with Gasteiger partial charge >= 0.3 is 0 Å². The van der Waals surface area contributed by atoms with Crippen molar-refractivity contribution in [3.05, 3.63) is 84.0 Å². The van der Waals surface area contributed by atoms with E-state index in [1.165, 1.54) is 23.9 Å². The highest BCUT2D eigenvalue weighted by Crippen LogP contribution is 2.25. The van der Waals surface area contributed by atoms with Crippen LogP contribution in [0.15, 0.2) is 88.9 Å². The molecule has 9 heteroatoms. The van der Waals surface area contributed by atoms with Crippen LogP contribution in [0.4, 0.5) is 5.69 Å². The van der Waals surface area contributed by atoms with Gasteiger partial charge in [0, 0.05) is 23.5 Å². The molecule has 0 aliphatic heterocycles. The van der Waals surface area contributed by atoms with E-state index in [1.54, 1.807) is 48.7 Å². The van der Waals surface area contributed by atoms with Crippen molar-refractivity contribution in [1.29, 1.82) is 0 Å². The molecule has 0 aliphatic carbocycles. The van der Waals surface area contributed by atoms with Gasteiger partial charge in [0.05, 0.1) is 15.6 Å². The third-order valence-electron chi connectivity index (χ3n) is 4.04. The number of thioether (sulfide) groups is 1. The van der Waals surface area contributed by atoms with Gasteiger partial charge in [-0.25, -0.2) is 13.4 Å². The highest BCUT2D eigenvalue weighted by Gasteiger charge is 2.26. The van der Waals surface area contributed by atoms with Crippen molar-refractivity contribution in [3.63, 3.8) is 0 Å². The average Bonchev–Trinajstić information content (AvgIpc) is 2.77. The van der Waals surface area contributed by atoms with Gasteiger partial charge in [0.15, 0.2) is 0 Å². The highest BCUT2D eigenvalue weighted by molar-refractivity contribution is 7.99. The molecule has 3 aromatic rings. The van der Waals surface area contributed by atoms with Crippen LogP contribution in [-0.2, 0) is 14.8 Å². The molecule has 0 radical (unpaired) electrons. The summed E-state index contributed by atoms with van der Waals surface area (Å²) in [6, 6.07) is 20.0. The van der Waals surface area contributed by atoms with Gasteiger partial charge in [-0.2, -0.15) is 0 Å². The SMILES string of the molecule is O=C(CN(c1ccc(Cl)cc1)S(=O)(=O)c1ccccc1)NCCSc1ccccn1. The fourth-order valence-corrected chi connectivity index (χ4v) is 4.90. The van der Waals surface area contributed by atoms with Gasteiger partial charge in [-0.05, 0) is 48.5 Å². The van der Waals surface area contributed by atoms with Gasteiger partial charge in [0.25, 0.3) is 10.0 Å². The zero-order valence-corrected chi connectivity index (χ0v) is 18.3. The number of sulfonamides is 1. The summed E-state index contributed by atoms with van der Waals surface area (Å²) in [6.07, 6.45) is 1.71. The van der Waals surface area contributed by atoms with Crippen molar-refractivity contribution in [2.75, 3.05) is 23.1 Å². The number of pyridine rings is 1. The van der Waals surface area contributed by atoms with Crippen LogP contribution in [0.1, 0.15) is 0 Å². The minimum absolute atomic E-state index is 0.110. The summed E-state index contributed by atoms with van der Waals surface area (Å²) in [4.78, 5) is 16.8. The van der Waals surface area contributed by atoms with Gasteiger partial charge in [-0.1, -0.05) is 35.9 Å². The lowest BCUT2D eigenvalue weighted by Crippen LogP contribution is -2.41. The number of carbonyl (C=O) groups is 1. The Morgan fingerprint density at radius 3 is 2.37 bits per heavy atom. The van der Waals surface area contributed by atoms with E-state index < -0.39 is 15.9 Å². The molecular formula is C21H20ClN3O3S2. The topological polar surface area (TPSA) is 79.4 Å². The Bertz CT molecular complexity index is 1060. The zero-order chi connectivity index (χ0) is 21.4. The molecule has 0 saturated heterocycles. The Hall–Kier alpha value is -2.55. The predicted molar refractivity (Wildman–Crippen MR) is 120 cm³/mol. The van der Waals surface area contributed by atoms with Gasteiger partial charge in [-0.15, -0.1) is 11.8 Å². The van der Waals surface area contributed by atoms with E-state index in [2.05, 4.69) is 10.3 Å². The van der Waals surface area contributed by atoms with E-state index >= 15 is 0 Å². The average molecular weight is 462 g/mol. The first-order valence-electron chi connectivity index (χ1n) is 9.11. The maximum Gasteiger partial charge on any atom is 0.264 e. The quantitative estimate of drug-likeness (QED) is 0.387. The lowest BCUT2D eigenvalue weighted by atomic mass is 10.3. The number of nitrogens with one attached hydrogen (secondary N) is 1. The van der Waals surface area contributed by atoms with E-state index in [1.807, 2.05) is 18.2 Å². The molecule has 156 valence electrons. The maximum absolute atomic E-state index is 13.2. The lowest BCUT2D eigenvalue weighted by molar-refractivity contribution is -0.119. The second-order valence-electron chi connectivity index (χ2n) is 6.17. The first kappa shape index (κ1) is 22.1. The van der Waals surface area contributed by atoms with Gasteiger partial charge in [0.2, 0.25) is 5.91 Å². The van der Waals surface area contributed by atoms with Crippen LogP contribution < -0.4 is 9.62 Å². The Morgan fingerprint density at radius 1 is 1.00 bits per heavy atom. The van der Waals surface area contributed by atoms with Gasteiger partial charge < -0.3 is 5.32 Å². The van der Waals surface area contributed by atoms with Crippen LogP contribution in [0.2, 0.25) is 5.02 Å².